The van der Waals surface area contributed by atoms with Crippen molar-refractivity contribution in [2.24, 2.45) is 0 Å². The molecule has 1 unspecified atom stereocenters. The van der Waals surface area contributed by atoms with Gasteiger partial charge in [-0.1, -0.05) is 42.5 Å². The fraction of sp³-hybridized carbons (Fsp3) is 0.333. The van der Waals surface area contributed by atoms with Crippen LogP contribution in [0.3, 0.4) is 0 Å². The van der Waals surface area contributed by atoms with Crippen LogP contribution in [0.4, 0.5) is 10.5 Å². The number of anilines is 1. The molecular weight excluding hydrogens is 442 g/mol. The van der Waals surface area contributed by atoms with Crippen molar-refractivity contribution in [1.82, 2.24) is 9.80 Å². The number of rotatable bonds is 8. The van der Waals surface area contributed by atoms with E-state index in [0.29, 0.717) is 25.4 Å². The number of thioether (sulfide) groups is 1. The number of hydrogen-bond donors (Lipinski definition) is 0. The third kappa shape index (κ3) is 4.65. The average Bonchev–Trinajstić information content (AvgIpc) is 3.04. The van der Waals surface area contributed by atoms with Crippen molar-refractivity contribution >= 4 is 41.2 Å². The first-order chi connectivity index (χ1) is 16.0. The summed E-state index contributed by atoms with van der Waals surface area (Å²) in [7, 11) is 0. The van der Waals surface area contributed by atoms with Gasteiger partial charge in [0.25, 0.3) is 0 Å². The molecule has 0 saturated carbocycles. The van der Waals surface area contributed by atoms with E-state index in [1.165, 1.54) is 0 Å². The number of para-hydroxylation sites is 1. The molecule has 8 nitrogen and oxygen atoms in total. The fourth-order valence-electron chi connectivity index (χ4n) is 3.99. The summed E-state index contributed by atoms with van der Waals surface area (Å²) < 4.78 is 5.24. The maximum atomic E-state index is 13.5. The number of fused-ring (bicyclic) bond motifs is 1. The molecule has 172 valence electrons. The molecule has 2 aliphatic heterocycles. The van der Waals surface area contributed by atoms with Crippen LogP contribution in [0.2, 0.25) is 0 Å². The van der Waals surface area contributed by atoms with Gasteiger partial charge >= 0.3 is 17.8 Å². The lowest BCUT2D eigenvalue weighted by Crippen LogP contribution is -2.46. The molecule has 9 heteroatoms. The van der Waals surface area contributed by atoms with Crippen LogP contribution in [-0.4, -0.2) is 65.6 Å². The third-order valence-corrected chi connectivity index (χ3v) is 6.73. The van der Waals surface area contributed by atoms with Crippen molar-refractivity contribution in [1.29, 1.82) is 0 Å². The Kier molecular flexibility index (Phi) is 7.10. The van der Waals surface area contributed by atoms with Crippen molar-refractivity contribution in [2.45, 2.75) is 24.3 Å². The highest BCUT2D eigenvalue weighted by Gasteiger charge is 2.46. The molecule has 2 aromatic carbocycles. The second-order valence-electron chi connectivity index (χ2n) is 7.65. The monoisotopic (exact) mass is 467 g/mol. The molecule has 0 spiro atoms. The highest BCUT2D eigenvalue weighted by Crippen LogP contribution is 2.43. The van der Waals surface area contributed by atoms with Gasteiger partial charge in [0.1, 0.15) is 6.54 Å². The Morgan fingerprint density at radius 3 is 2.45 bits per heavy atom. The van der Waals surface area contributed by atoms with E-state index in [1.807, 2.05) is 61.5 Å². The molecule has 4 rings (SSSR count). The van der Waals surface area contributed by atoms with E-state index in [0.717, 1.165) is 25.9 Å². The average molecular weight is 468 g/mol. The molecule has 2 heterocycles. The van der Waals surface area contributed by atoms with Gasteiger partial charge in [-0.05, 0) is 31.0 Å². The number of carbonyl (C=O) groups is 4. The molecule has 0 radical (unpaired) electrons. The number of nitrogens with zero attached hydrogens (tertiary/aromatic N) is 3. The van der Waals surface area contributed by atoms with E-state index in [9.17, 15) is 19.2 Å². The smallest absolute Gasteiger partial charge is 0.334 e. The zero-order valence-corrected chi connectivity index (χ0v) is 19.1. The van der Waals surface area contributed by atoms with Gasteiger partial charge in [0.05, 0.1) is 11.7 Å². The Balaban J connectivity index is 1.56. The van der Waals surface area contributed by atoms with Crippen molar-refractivity contribution < 1.29 is 23.9 Å². The fourth-order valence-corrected chi connectivity index (χ4v) is 5.15. The predicted octanol–water partition coefficient (Wildman–Crippen LogP) is 3.08. The molecule has 2 aromatic rings. The summed E-state index contributed by atoms with van der Waals surface area (Å²) in [5.41, 5.74) is 1.69. The zero-order valence-electron chi connectivity index (χ0n) is 18.3. The van der Waals surface area contributed by atoms with Crippen molar-refractivity contribution in [2.75, 3.05) is 37.0 Å². The summed E-state index contributed by atoms with van der Waals surface area (Å²) in [5.74, 6) is -1.65. The summed E-state index contributed by atoms with van der Waals surface area (Å²) in [4.78, 5) is 55.5. The molecule has 0 N–H and O–H groups in total. The number of carbonyl (C=O) groups excluding carboxylic acids is 4. The summed E-state index contributed by atoms with van der Waals surface area (Å²) in [5, 5.41) is 0. The molecule has 0 bridgehead atoms. The van der Waals surface area contributed by atoms with E-state index in [2.05, 4.69) is 0 Å². The quantitative estimate of drug-likeness (QED) is 0.337. The maximum absolute atomic E-state index is 13.5. The second-order valence-corrected chi connectivity index (χ2v) is 8.71. The van der Waals surface area contributed by atoms with Gasteiger partial charge in [-0.2, -0.15) is 0 Å². The van der Waals surface area contributed by atoms with E-state index < -0.39 is 30.3 Å². The third-order valence-electron chi connectivity index (χ3n) is 5.59. The number of ether oxygens (including phenoxy) is 1. The summed E-state index contributed by atoms with van der Waals surface area (Å²) in [6.07, 6.45) is 0.424. The molecule has 1 fully saturated rings. The summed E-state index contributed by atoms with van der Waals surface area (Å²) >= 11 is 1.65. The van der Waals surface area contributed by atoms with Crippen molar-refractivity contribution in [3.05, 3.63) is 60.2 Å². The van der Waals surface area contributed by atoms with E-state index in [-0.39, 0.29) is 12.6 Å². The molecule has 1 saturated heterocycles. The molecule has 1 atom stereocenters. The first-order valence-corrected chi connectivity index (χ1v) is 11.9. The minimum Gasteiger partial charge on any atom is -0.382 e. The summed E-state index contributed by atoms with van der Waals surface area (Å²) in [6.45, 7) is 2.34. The van der Waals surface area contributed by atoms with E-state index in [1.54, 1.807) is 16.7 Å². The number of amides is 5. The number of benzene rings is 2. The van der Waals surface area contributed by atoms with Crippen molar-refractivity contribution in [3.63, 3.8) is 0 Å². The normalized spacial score (nSPS) is 18.2. The highest BCUT2D eigenvalue weighted by molar-refractivity contribution is 7.99. The van der Waals surface area contributed by atoms with E-state index in [4.69, 9.17) is 4.74 Å². The van der Waals surface area contributed by atoms with Gasteiger partial charge < -0.3 is 9.64 Å². The lowest BCUT2D eigenvalue weighted by Gasteiger charge is -2.37. The van der Waals surface area contributed by atoms with Crippen molar-refractivity contribution in [3.8, 4) is 0 Å². The number of imide groups is 2. The summed E-state index contributed by atoms with van der Waals surface area (Å²) in [6, 6.07) is 16.2. The van der Waals surface area contributed by atoms with Gasteiger partial charge in [-0.3, -0.25) is 19.3 Å². The molecule has 33 heavy (non-hydrogen) atoms. The number of hydrogen-bond acceptors (Lipinski definition) is 6. The Morgan fingerprint density at radius 2 is 1.70 bits per heavy atom. The van der Waals surface area contributed by atoms with Crippen LogP contribution < -0.4 is 4.90 Å². The Labute approximate surface area is 196 Å². The Hall–Kier alpha value is -3.17. The lowest BCUT2D eigenvalue weighted by molar-refractivity contribution is -0.143. The van der Waals surface area contributed by atoms with Crippen LogP contribution >= 0.6 is 11.8 Å². The van der Waals surface area contributed by atoms with E-state index >= 15 is 0 Å². The molecule has 0 aliphatic carbocycles. The van der Waals surface area contributed by atoms with Crippen LogP contribution in [0.1, 0.15) is 24.9 Å². The van der Waals surface area contributed by atoms with Crippen LogP contribution in [0.25, 0.3) is 0 Å². The topological polar surface area (TPSA) is 87.2 Å². The molecular formula is C24H25N3O5S. The first kappa shape index (κ1) is 23.0. The minimum atomic E-state index is -0.972. The molecule has 0 aromatic heterocycles. The highest BCUT2D eigenvalue weighted by atomic mass is 32.2. The van der Waals surface area contributed by atoms with Gasteiger partial charge in [-0.25, -0.2) is 9.69 Å². The van der Waals surface area contributed by atoms with Crippen LogP contribution in [-0.2, 0) is 19.1 Å². The Bertz CT molecular complexity index is 1060. The SMILES string of the molecule is CCOCCCN1C(=O)C(=O)N(CC(=O)N2c3ccccc3SCC2c2ccccc2)C1=O. The Morgan fingerprint density at radius 1 is 1.00 bits per heavy atom. The van der Waals surface area contributed by atoms with Crippen LogP contribution in [0.5, 0.6) is 0 Å². The van der Waals surface area contributed by atoms with Gasteiger partial charge in [0, 0.05) is 30.4 Å². The van der Waals surface area contributed by atoms with Gasteiger partial charge in [0.2, 0.25) is 5.91 Å². The van der Waals surface area contributed by atoms with Gasteiger partial charge in [-0.15, -0.1) is 11.8 Å². The molecule has 5 amide bonds. The largest absolute Gasteiger partial charge is 0.382 e. The number of urea groups is 1. The van der Waals surface area contributed by atoms with Crippen LogP contribution in [0.15, 0.2) is 59.5 Å². The second kappa shape index (κ2) is 10.2. The van der Waals surface area contributed by atoms with Crippen LogP contribution in [0, 0.1) is 0 Å². The maximum Gasteiger partial charge on any atom is 0.334 e. The van der Waals surface area contributed by atoms with Gasteiger partial charge in [0.15, 0.2) is 0 Å². The zero-order chi connectivity index (χ0) is 23.4. The lowest BCUT2D eigenvalue weighted by atomic mass is 10.1. The predicted molar refractivity (Wildman–Crippen MR) is 124 cm³/mol. The minimum absolute atomic E-state index is 0.0733. The molecule has 2 aliphatic rings. The first-order valence-electron chi connectivity index (χ1n) is 10.9. The standard InChI is InChI=1S/C24H25N3O5S/c1-2-32-14-8-13-25-22(29)23(30)26(24(25)31)15-21(28)27-18-11-6-7-12-20(18)33-16-19(27)17-9-4-3-5-10-17/h3-7,9-12,19H,2,8,13-16H2,1H3.